The van der Waals surface area contributed by atoms with E-state index >= 15 is 0 Å². The Labute approximate surface area is 423 Å². The van der Waals surface area contributed by atoms with Crippen LogP contribution in [0.2, 0.25) is 0 Å². The molecule has 11 nitrogen and oxygen atoms in total. The molecule has 9 unspecified atom stereocenters. The lowest BCUT2D eigenvalue weighted by atomic mass is 9.98. The highest BCUT2D eigenvalue weighted by Crippen LogP contribution is 2.23. The lowest BCUT2D eigenvalue weighted by molar-refractivity contribution is -0.303. The molecule has 1 heterocycles. The zero-order valence-corrected chi connectivity index (χ0v) is 44.6. The molecule has 1 saturated heterocycles. The standard InChI is InChI=1S/C58H111NO10/c1-3-5-7-9-11-13-15-17-19-20-21-22-23-24-25-26-27-28-29-30-32-33-35-37-39-41-43-45-50(61)53(63)49(48-68-58-56(66)55(65)54(64)52(47-60)69-58)59-57(67)51(62)46-44-42-40-38-36-34-31-18-16-14-12-10-8-6-4-2/h31,34,37,39,49-56,58,60-66H,3-30,32-33,35-36,38,40-48H2,1-2H3,(H,59,67)/b34-31-,39-37+. The molecule has 0 saturated carbocycles. The fraction of sp³-hybridized carbons (Fsp3) is 0.914. The first-order valence-corrected chi connectivity index (χ1v) is 29.2. The number of carbonyl (C=O) groups excluding carboxylic acids is 1. The quantitative estimate of drug-likeness (QED) is 0.0215. The van der Waals surface area contributed by atoms with Crippen molar-refractivity contribution < 1.29 is 50.0 Å². The van der Waals surface area contributed by atoms with Crippen LogP contribution in [-0.4, -0.2) is 110 Å². The molecule has 408 valence electrons. The van der Waals surface area contributed by atoms with E-state index in [1.165, 1.54) is 180 Å². The summed E-state index contributed by atoms with van der Waals surface area (Å²) in [6, 6.07) is -1.19. The Morgan fingerprint density at radius 1 is 0.493 bits per heavy atom. The molecular weight excluding hydrogens is 871 g/mol. The second-order valence-electron chi connectivity index (χ2n) is 20.7. The number of allylic oxidation sites excluding steroid dienone is 4. The number of rotatable bonds is 50. The van der Waals surface area contributed by atoms with Crippen LogP contribution in [0.1, 0.15) is 271 Å². The van der Waals surface area contributed by atoms with Crippen molar-refractivity contribution in [2.75, 3.05) is 13.2 Å². The van der Waals surface area contributed by atoms with Gasteiger partial charge in [-0.15, -0.1) is 0 Å². The Balaban J connectivity index is 2.30. The maximum Gasteiger partial charge on any atom is 0.249 e. The molecule has 1 fully saturated rings. The van der Waals surface area contributed by atoms with E-state index in [1.807, 2.05) is 0 Å². The van der Waals surface area contributed by atoms with Crippen LogP contribution in [0, 0.1) is 0 Å². The molecule has 0 aromatic rings. The minimum Gasteiger partial charge on any atom is -0.394 e. The number of amides is 1. The number of aliphatic hydroxyl groups excluding tert-OH is 7. The first-order chi connectivity index (χ1) is 33.7. The molecule has 11 heteroatoms. The number of carbonyl (C=O) groups is 1. The van der Waals surface area contributed by atoms with E-state index in [2.05, 4.69) is 43.5 Å². The first kappa shape index (κ1) is 65.6. The summed E-state index contributed by atoms with van der Waals surface area (Å²) in [5, 5.41) is 76.0. The summed E-state index contributed by atoms with van der Waals surface area (Å²) in [6.45, 7) is 3.45. The van der Waals surface area contributed by atoms with Crippen LogP contribution in [0.25, 0.3) is 0 Å². The summed E-state index contributed by atoms with van der Waals surface area (Å²) < 4.78 is 11.1. The highest BCUT2D eigenvalue weighted by Gasteiger charge is 2.44. The normalized spacial score (nSPS) is 20.5. The number of aliphatic hydroxyl groups is 7. The topological polar surface area (TPSA) is 189 Å². The maximum absolute atomic E-state index is 13.1. The molecule has 8 N–H and O–H groups in total. The molecule has 0 bridgehead atoms. The van der Waals surface area contributed by atoms with Crippen LogP contribution in [0.15, 0.2) is 24.3 Å². The summed E-state index contributed by atoms with van der Waals surface area (Å²) in [6.07, 6.45) is 45.3. The van der Waals surface area contributed by atoms with Gasteiger partial charge >= 0.3 is 0 Å². The van der Waals surface area contributed by atoms with Gasteiger partial charge < -0.3 is 50.5 Å². The predicted molar refractivity (Wildman–Crippen MR) is 284 cm³/mol. The highest BCUT2D eigenvalue weighted by molar-refractivity contribution is 5.80. The molecule has 0 aromatic carbocycles. The third-order valence-corrected chi connectivity index (χ3v) is 14.2. The average molecular weight is 983 g/mol. The molecule has 1 aliphatic heterocycles. The highest BCUT2D eigenvalue weighted by atomic mass is 16.7. The predicted octanol–water partition coefficient (Wildman–Crippen LogP) is 12.1. The van der Waals surface area contributed by atoms with Crippen LogP contribution >= 0.6 is 0 Å². The average Bonchev–Trinajstić information content (AvgIpc) is 3.35. The van der Waals surface area contributed by atoms with E-state index < -0.39 is 74.2 Å². The second kappa shape index (κ2) is 47.6. The van der Waals surface area contributed by atoms with E-state index in [0.29, 0.717) is 12.8 Å². The molecule has 0 aromatic heterocycles. The monoisotopic (exact) mass is 982 g/mol. The molecule has 9 atom stereocenters. The minimum atomic E-state index is -1.67. The largest absolute Gasteiger partial charge is 0.394 e. The van der Waals surface area contributed by atoms with Crippen molar-refractivity contribution in [1.82, 2.24) is 5.32 Å². The fourth-order valence-electron chi connectivity index (χ4n) is 9.44. The van der Waals surface area contributed by atoms with Crippen LogP contribution in [0.4, 0.5) is 0 Å². The van der Waals surface area contributed by atoms with Crippen molar-refractivity contribution in [3.8, 4) is 0 Å². The van der Waals surface area contributed by atoms with Crippen molar-refractivity contribution in [3.05, 3.63) is 24.3 Å². The molecule has 0 spiro atoms. The van der Waals surface area contributed by atoms with Gasteiger partial charge in [-0.2, -0.15) is 0 Å². The van der Waals surface area contributed by atoms with Gasteiger partial charge in [0.05, 0.1) is 25.4 Å². The van der Waals surface area contributed by atoms with E-state index in [4.69, 9.17) is 9.47 Å². The Bertz CT molecular complexity index is 1170. The molecule has 0 radical (unpaired) electrons. The summed E-state index contributed by atoms with van der Waals surface area (Å²) in [4.78, 5) is 13.1. The van der Waals surface area contributed by atoms with Gasteiger partial charge in [0.1, 0.15) is 36.6 Å². The Hall–Kier alpha value is -1.41. The van der Waals surface area contributed by atoms with Gasteiger partial charge in [0, 0.05) is 0 Å². The van der Waals surface area contributed by atoms with Gasteiger partial charge in [-0.3, -0.25) is 4.79 Å². The van der Waals surface area contributed by atoms with E-state index in [-0.39, 0.29) is 12.8 Å². The lowest BCUT2D eigenvalue weighted by Crippen LogP contribution is -2.60. The number of unbranched alkanes of at least 4 members (excludes halogenated alkanes) is 34. The van der Waals surface area contributed by atoms with Crippen LogP contribution in [0.3, 0.4) is 0 Å². The minimum absolute atomic E-state index is 0.241. The number of nitrogens with one attached hydrogen (secondary N) is 1. The van der Waals surface area contributed by atoms with Gasteiger partial charge in [0.2, 0.25) is 5.91 Å². The fourth-order valence-corrected chi connectivity index (χ4v) is 9.44. The maximum atomic E-state index is 13.1. The number of ether oxygens (including phenoxy) is 2. The molecule has 1 aliphatic rings. The Morgan fingerprint density at radius 3 is 1.25 bits per heavy atom. The van der Waals surface area contributed by atoms with Gasteiger partial charge in [-0.1, -0.05) is 231 Å². The van der Waals surface area contributed by atoms with E-state index in [9.17, 15) is 40.5 Å². The van der Waals surface area contributed by atoms with E-state index in [1.54, 1.807) is 0 Å². The summed E-state index contributed by atoms with van der Waals surface area (Å²) in [7, 11) is 0. The SMILES string of the molecule is CCCCCCCCC/C=C\CCCCCCC(O)C(=O)NC(COC1OC(CO)C(O)C(O)C1O)C(O)C(O)CCC/C=C/CCCCCCCCCCCCCCCCCCCCCCCC. The molecule has 1 amide bonds. The van der Waals surface area contributed by atoms with Crippen molar-refractivity contribution in [2.24, 2.45) is 0 Å². The van der Waals surface area contributed by atoms with Gasteiger partial charge in [0.25, 0.3) is 0 Å². The third-order valence-electron chi connectivity index (χ3n) is 14.2. The van der Waals surface area contributed by atoms with E-state index in [0.717, 1.165) is 51.4 Å². The van der Waals surface area contributed by atoms with Gasteiger partial charge in [-0.05, 0) is 64.2 Å². The van der Waals surface area contributed by atoms with Crippen LogP contribution in [0.5, 0.6) is 0 Å². The molecule has 1 rings (SSSR count). The smallest absolute Gasteiger partial charge is 0.249 e. The summed E-state index contributed by atoms with van der Waals surface area (Å²) in [5.41, 5.74) is 0. The first-order valence-electron chi connectivity index (χ1n) is 29.2. The lowest BCUT2D eigenvalue weighted by Gasteiger charge is -2.40. The zero-order valence-electron chi connectivity index (χ0n) is 44.6. The van der Waals surface area contributed by atoms with Gasteiger partial charge in [-0.25, -0.2) is 0 Å². The number of hydrogen-bond donors (Lipinski definition) is 8. The van der Waals surface area contributed by atoms with Gasteiger partial charge in [0.15, 0.2) is 6.29 Å². The van der Waals surface area contributed by atoms with Crippen molar-refractivity contribution in [3.63, 3.8) is 0 Å². The molecule has 0 aliphatic carbocycles. The zero-order chi connectivity index (χ0) is 50.4. The molecule has 69 heavy (non-hydrogen) atoms. The van der Waals surface area contributed by atoms with Crippen molar-refractivity contribution in [2.45, 2.75) is 326 Å². The van der Waals surface area contributed by atoms with Crippen molar-refractivity contribution in [1.29, 1.82) is 0 Å². The Morgan fingerprint density at radius 2 is 0.855 bits per heavy atom. The van der Waals surface area contributed by atoms with Crippen LogP contribution < -0.4 is 5.32 Å². The Kier molecular flexibility index (Phi) is 45.2. The second-order valence-corrected chi connectivity index (χ2v) is 20.7. The number of hydrogen-bond acceptors (Lipinski definition) is 10. The molecular formula is C58H111NO10. The summed E-state index contributed by atoms with van der Waals surface area (Å²) >= 11 is 0. The summed E-state index contributed by atoms with van der Waals surface area (Å²) in [5.74, 6) is -0.713. The van der Waals surface area contributed by atoms with Crippen molar-refractivity contribution >= 4 is 5.91 Å². The van der Waals surface area contributed by atoms with Crippen LogP contribution in [-0.2, 0) is 14.3 Å². The third kappa shape index (κ3) is 36.2.